The number of nitrogens with zero attached hydrogens (tertiary/aromatic N) is 1. The van der Waals surface area contributed by atoms with Gasteiger partial charge in [0.15, 0.2) is 6.29 Å². The molecule has 2 heterocycles. The van der Waals surface area contributed by atoms with Gasteiger partial charge >= 0.3 is 5.97 Å². The van der Waals surface area contributed by atoms with E-state index in [-0.39, 0.29) is 48.7 Å². The maximum atomic E-state index is 13.8. The summed E-state index contributed by atoms with van der Waals surface area (Å²) in [7, 11) is -3.99. The molecule has 2 aliphatic rings. The SMILES string of the molecule is Cc1ccc(S(=O)(=O)NC(Cc2ccccc2)C(=O)NCc2cccc(-c3cccc(C4OC(CN5CCCC5C(=O)OC(C)(C)C)CC(c5ccc(CO)cc5)O4)c3)c2)cc1. The average Bonchev–Trinajstić information content (AvgIpc) is 3.73. The molecule has 7 rings (SSSR count). The number of amides is 1. The third-order valence-electron chi connectivity index (χ3n) is 11.2. The van der Waals surface area contributed by atoms with Gasteiger partial charge in [0.2, 0.25) is 15.9 Å². The van der Waals surface area contributed by atoms with Crippen molar-refractivity contribution in [3.05, 3.63) is 161 Å². The zero-order valence-corrected chi connectivity index (χ0v) is 36.6. The maximum absolute atomic E-state index is 13.8. The Kier molecular flexibility index (Phi) is 14.4. The molecule has 11 nitrogen and oxygen atoms in total. The molecule has 0 aromatic heterocycles. The van der Waals surface area contributed by atoms with E-state index in [1.165, 1.54) is 12.1 Å². The molecule has 0 bridgehead atoms. The summed E-state index contributed by atoms with van der Waals surface area (Å²) in [5.74, 6) is -0.649. The molecule has 12 heteroatoms. The number of benzene rings is 5. The molecule has 2 aliphatic heterocycles. The van der Waals surface area contributed by atoms with Crippen LogP contribution in [0, 0.1) is 6.92 Å². The van der Waals surface area contributed by atoms with Gasteiger partial charge in [0.1, 0.15) is 17.7 Å². The molecule has 5 atom stereocenters. The lowest BCUT2D eigenvalue weighted by molar-refractivity contribution is -0.253. The fourth-order valence-electron chi connectivity index (χ4n) is 8.02. The number of nitrogens with one attached hydrogen (secondary N) is 2. The smallest absolute Gasteiger partial charge is 0.323 e. The number of carbonyl (C=O) groups excluding carboxylic acids is 2. The van der Waals surface area contributed by atoms with Crippen LogP contribution in [-0.2, 0) is 53.4 Å². The number of carbonyl (C=O) groups is 2. The molecule has 0 radical (unpaired) electrons. The van der Waals surface area contributed by atoms with Crippen molar-refractivity contribution in [3.8, 4) is 11.1 Å². The predicted octanol–water partition coefficient (Wildman–Crippen LogP) is 7.71. The normalized spacial score (nSPS) is 20.1. The minimum atomic E-state index is -3.99. The van der Waals surface area contributed by atoms with Crippen molar-refractivity contribution in [1.29, 1.82) is 0 Å². The van der Waals surface area contributed by atoms with Crippen LogP contribution in [0.3, 0.4) is 0 Å². The average molecular weight is 860 g/mol. The van der Waals surface area contributed by atoms with Gasteiger partial charge in [-0.1, -0.05) is 109 Å². The number of aliphatic hydroxyl groups excluding tert-OH is 1. The van der Waals surface area contributed by atoms with Crippen LogP contribution in [0.25, 0.3) is 11.1 Å². The first-order valence-electron chi connectivity index (χ1n) is 21.3. The molecule has 5 unspecified atom stereocenters. The Labute approximate surface area is 365 Å². The zero-order valence-electron chi connectivity index (χ0n) is 35.8. The number of aliphatic hydroxyl groups is 1. The highest BCUT2D eigenvalue weighted by Crippen LogP contribution is 2.40. The first-order valence-corrected chi connectivity index (χ1v) is 22.8. The standard InChI is InChI=1S/C50H57N3O8S/c1-34-18-24-43(25-19-34)62(57,58)52-44(28-35-11-6-5-7-12-35)47(55)51-31-37-13-8-14-39(27-37)40-15-9-16-41(29-40)49-59-42(30-46(60-49)38-22-20-36(33-54)21-23-38)32-53-26-10-17-45(53)48(56)61-50(2,3)4/h5-9,11-16,18-25,27,29,42,44-46,49,52,54H,10,17,26,28,30-33H2,1-4H3,(H,51,55). The Hall–Kier alpha value is -5.21. The number of hydrogen-bond acceptors (Lipinski definition) is 9. The molecule has 3 N–H and O–H groups in total. The highest BCUT2D eigenvalue weighted by atomic mass is 32.2. The van der Waals surface area contributed by atoms with Crippen molar-refractivity contribution in [2.24, 2.45) is 0 Å². The van der Waals surface area contributed by atoms with E-state index in [1.54, 1.807) is 12.1 Å². The number of hydrogen-bond donors (Lipinski definition) is 3. The van der Waals surface area contributed by atoms with E-state index in [0.29, 0.717) is 13.0 Å². The summed E-state index contributed by atoms with van der Waals surface area (Å²) >= 11 is 0. The van der Waals surface area contributed by atoms with Crippen LogP contribution in [0.5, 0.6) is 0 Å². The van der Waals surface area contributed by atoms with Crippen LogP contribution >= 0.6 is 0 Å². The minimum Gasteiger partial charge on any atom is -0.459 e. The molecule has 326 valence electrons. The Morgan fingerprint density at radius 1 is 0.823 bits per heavy atom. The van der Waals surface area contributed by atoms with Crippen molar-refractivity contribution < 1.29 is 37.3 Å². The van der Waals surface area contributed by atoms with Crippen molar-refractivity contribution in [3.63, 3.8) is 0 Å². The van der Waals surface area contributed by atoms with Crippen molar-refractivity contribution in [1.82, 2.24) is 14.9 Å². The number of rotatable bonds is 15. The predicted molar refractivity (Wildman–Crippen MR) is 238 cm³/mol. The van der Waals surface area contributed by atoms with Gasteiger partial charge in [0, 0.05) is 25.1 Å². The summed E-state index contributed by atoms with van der Waals surface area (Å²) in [6.07, 6.45) is 1.15. The van der Waals surface area contributed by atoms with E-state index in [4.69, 9.17) is 14.2 Å². The fraction of sp³-hybridized carbons (Fsp3) is 0.360. The molecular formula is C50H57N3O8S. The van der Waals surface area contributed by atoms with E-state index in [0.717, 1.165) is 63.9 Å². The quantitative estimate of drug-likeness (QED) is 0.0903. The van der Waals surface area contributed by atoms with Crippen LogP contribution in [0.15, 0.2) is 132 Å². The summed E-state index contributed by atoms with van der Waals surface area (Å²) in [6, 6.07) is 38.1. The third kappa shape index (κ3) is 11.8. The molecule has 5 aromatic carbocycles. The molecule has 0 saturated carbocycles. The van der Waals surface area contributed by atoms with Gasteiger partial charge < -0.3 is 24.6 Å². The van der Waals surface area contributed by atoms with Crippen molar-refractivity contribution in [2.75, 3.05) is 13.1 Å². The number of esters is 1. The molecule has 1 amide bonds. The minimum absolute atomic E-state index is 0.0492. The molecule has 2 saturated heterocycles. The Bertz CT molecular complexity index is 2400. The summed E-state index contributed by atoms with van der Waals surface area (Å²) < 4.78 is 48.7. The topological polar surface area (TPSA) is 144 Å². The van der Waals surface area contributed by atoms with E-state index in [9.17, 15) is 23.1 Å². The van der Waals surface area contributed by atoms with Gasteiger partial charge in [-0.25, -0.2) is 8.42 Å². The van der Waals surface area contributed by atoms with Gasteiger partial charge in [0.05, 0.1) is 23.7 Å². The molecule has 62 heavy (non-hydrogen) atoms. The molecule has 0 spiro atoms. The lowest BCUT2D eigenvalue weighted by atomic mass is 9.98. The molecule has 5 aromatic rings. The first-order chi connectivity index (χ1) is 29.7. The summed E-state index contributed by atoms with van der Waals surface area (Å²) in [5, 5.41) is 12.7. The van der Waals surface area contributed by atoms with Crippen LogP contribution in [0.4, 0.5) is 0 Å². The maximum Gasteiger partial charge on any atom is 0.323 e. The zero-order chi connectivity index (χ0) is 43.9. The first kappa shape index (κ1) is 44.8. The summed E-state index contributed by atoms with van der Waals surface area (Å²) in [5.41, 5.74) is 6.48. The van der Waals surface area contributed by atoms with E-state index >= 15 is 0 Å². The Balaban J connectivity index is 1.07. The van der Waals surface area contributed by atoms with Crippen LogP contribution < -0.4 is 10.0 Å². The molecule has 0 aliphatic carbocycles. The van der Waals surface area contributed by atoms with Crippen LogP contribution in [-0.4, -0.2) is 67.2 Å². The van der Waals surface area contributed by atoms with E-state index in [2.05, 4.69) is 14.9 Å². The Morgan fingerprint density at radius 2 is 1.52 bits per heavy atom. The van der Waals surface area contributed by atoms with Gasteiger partial charge in [0.25, 0.3) is 0 Å². The van der Waals surface area contributed by atoms with Crippen molar-refractivity contribution >= 4 is 21.9 Å². The fourth-order valence-corrected chi connectivity index (χ4v) is 9.22. The number of sulfonamides is 1. The van der Waals surface area contributed by atoms with Crippen LogP contribution in [0.2, 0.25) is 0 Å². The van der Waals surface area contributed by atoms with Gasteiger partial charge in [-0.2, -0.15) is 4.72 Å². The highest BCUT2D eigenvalue weighted by Gasteiger charge is 2.39. The van der Waals surface area contributed by atoms with Gasteiger partial charge in [-0.3, -0.25) is 14.5 Å². The number of ether oxygens (including phenoxy) is 3. The second-order valence-corrected chi connectivity index (χ2v) is 19.0. The summed E-state index contributed by atoms with van der Waals surface area (Å²) in [4.78, 5) is 29.3. The second-order valence-electron chi connectivity index (χ2n) is 17.3. The van der Waals surface area contributed by atoms with E-state index < -0.39 is 33.9 Å². The largest absolute Gasteiger partial charge is 0.459 e. The Morgan fingerprint density at radius 3 is 2.23 bits per heavy atom. The van der Waals surface area contributed by atoms with E-state index in [1.807, 2.05) is 131 Å². The number of likely N-dealkylation sites (tertiary alicyclic amines) is 1. The highest BCUT2D eigenvalue weighted by molar-refractivity contribution is 7.89. The molecule has 2 fully saturated rings. The molecular weight excluding hydrogens is 803 g/mol. The third-order valence-corrected chi connectivity index (χ3v) is 12.7. The number of aryl methyl sites for hydroxylation is 1. The van der Waals surface area contributed by atoms with Crippen molar-refractivity contribution in [2.45, 2.75) is 108 Å². The van der Waals surface area contributed by atoms with Gasteiger partial charge in [-0.05, 0) is 111 Å². The lowest BCUT2D eigenvalue weighted by Crippen LogP contribution is -2.47. The monoisotopic (exact) mass is 859 g/mol. The van der Waals surface area contributed by atoms with Crippen LogP contribution in [0.1, 0.15) is 85.8 Å². The second kappa shape index (κ2) is 19.9. The van der Waals surface area contributed by atoms with Gasteiger partial charge in [-0.15, -0.1) is 0 Å². The summed E-state index contributed by atoms with van der Waals surface area (Å²) in [6.45, 7) is 8.99. The lowest BCUT2D eigenvalue weighted by Gasteiger charge is -2.38.